The molecule has 1 aromatic carbocycles. The third-order valence-electron chi connectivity index (χ3n) is 4.33. The van der Waals surface area contributed by atoms with Crippen LogP contribution in [0.2, 0.25) is 0 Å². The monoisotopic (exact) mass is 314 g/mol. The lowest BCUT2D eigenvalue weighted by Gasteiger charge is -2.34. The van der Waals surface area contributed by atoms with E-state index >= 15 is 0 Å². The fourth-order valence-electron chi connectivity index (χ4n) is 2.63. The number of hydrogen-bond donors (Lipinski definition) is 2. The summed E-state index contributed by atoms with van der Waals surface area (Å²) in [5.74, 6) is -0.597. The normalized spacial score (nSPS) is 19.6. The quantitative estimate of drug-likeness (QED) is 0.843. The first-order valence-corrected chi connectivity index (χ1v) is 8.67. The first-order valence-electron chi connectivity index (χ1n) is 7.19. The second kappa shape index (κ2) is 5.57. The van der Waals surface area contributed by atoms with Crippen LogP contribution in [0.3, 0.4) is 0 Å². The summed E-state index contributed by atoms with van der Waals surface area (Å²) in [4.78, 5) is -0.104. The number of rotatable bonds is 3. The zero-order valence-corrected chi connectivity index (χ0v) is 13.6. The highest BCUT2D eigenvalue weighted by Crippen LogP contribution is 2.35. The minimum atomic E-state index is -3.73. The molecule has 6 heteroatoms. The Bertz CT molecular complexity index is 608. The minimum Gasteiger partial charge on any atom is -0.398 e. The summed E-state index contributed by atoms with van der Waals surface area (Å²) in [6.45, 7) is 5.90. The van der Waals surface area contributed by atoms with Crippen molar-refractivity contribution < 1.29 is 12.8 Å². The predicted molar refractivity (Wildman–Crippen MR) is 81.9 cm³/mol. The van der Waals surface area contributed by atoms with E-state index in [1.807, 2.05) is 0 Å². The maximum Gasteiger partial charge on any atom is 0.240 e. The topological polar surface area (TPSA) is 72.2 Å². The van der Waals surface area contributed by atoms with Gasteiger partial charge in [-0.25, -0.2) is 17.5 Å². The molecule has 21 heavy (non-hydrogen) atoms. The second-order valence-electron chi connectivity index (χ2n) is 6.68. The van der Waals surface area contributed by atoms with Gasteiger partial charge >= 0.3 is 0 Å². The van der Waals surface area contributed by atoms with Gasteiger partial charge in [0.05, 0.1) is 4.90 Å². The van der Waals surface area contributed by atoms with Gasteiger partial charge in [-0.2, -0.15) is 0 Å². The van der Waals surface area contributed by atoms with Crippen LogP contribution in [0.25, 0.3) is 0 Å². The van der Waals surface area contributed by atoms with E-state index in [2.05, 4.69) is 18.6 Å². The minimum absolute atomic E-state index is 0.0892. The summed E-state index contributed by atoms with van der Waals surface area (Å²) in [5, 5.41) is 0. The zero-order chi connectivity index (χ0) is 15.8. The van der Waals surface area contributed by atoms with Crippen LogP contribution in [-0.4, -0.2) is 14.5 Å². The highest BCUT2D eigenvalue weighted by Gasteiger charge is 2.30. The van der Waals surface area contributed by atoms with Crippen LogP contribution < -0.4 is 10.5 Å². The van der Waals surface area contributed by atoms with E-state index < -0.39 is 15.8 Å². The molecule has 1 saturated carbocycles. The highest BCUT2D eigenvalue weighted by molar-refractivity contribution is 7.89. The van der Waals surface area contributed by atoms with E-state index in [0.29, 0.717) is 0 Å². The van der Waals surface area contributed by atoms with Crippen LogP contribution in [0.15, 0.2) is 17.0 Å². The van der Waals surface area contributed by atoms with Gasteiger partial charge in [0, 0.05) is 17.3 Å². The smallest absolute Gasteiger partial charge is 0.240 e. The molecule has 1 aliphatic rings. The summed E-state index contributed by atoms with van der Waals surface area (Å²) >= 11 is 0. The molecule has 0 unspecified atom stereocenters. The third-order valence-corrected chi connectivity index (χ3v) is 5.83. The Labute approximate surface area is 126 Å². The van der Waals surface area contributed by atoms with Gasteiger partial charge in [-0.3, -0.25) is 0 Å². The molecule has 3 N–H and O–H groups in total. The number of nitrogen functional groups attached to an aromatic ring is 1. The Morgan fingerprint density at radius 2 is 1.86 bits per heavy atom. The molecule has 2 rings (SSSR count). The number of nitrogens with one attached hydrogen (secondary N) is 1. The molecular weight excluding hydrogens is 291 g/mol. The molecule has 1 aliphatic carbocycles. The third kappa shape index (κ3) is 3.74. The number of benzene rings is 1. The standard InChI is InChI=1S/C15H23FN2O2S/c1-10-13(16)8-12(9-14(10)17)21(19,20)18-11-4-6-15(2,3)7-5-11/h8-9,11,18H,4-7,17H2,1-3H3. The molecule has 0 aliphatic heterocycles. The van der Waals surface area contributed by atoms with Crippen molar-refractivity contribution in [1.29, 1.82) is 0 Å². The molecule has 118 valence electrons. The van der Waals surface area contributed by atoms with Crippen LogP contribution in [0, 0.1) is 18.2 Å². The fraction of sp³-hybridized carbons (Fsp3) is 0.600. The molecule has 0 saturated heterocycles. The molecule has 0 heterocycles. The Morgan fingerprint density at radius 3 is 2.38 bits per heavy atom. The molecular formula is C15H23FN2O2S. The number of hydrogen-bond acceptors (Lipinski definition) is 3. The van der Waals surface area contributed by atoms with Crippen molar-refractivity contribution in [2.75, 3.05) is 5.73 Å². The molecule has 0 spiro atoms. The summed E-state index contributed by atoms with van der Waals surface area (Å²) in [7, 11) is -3.73. The van der Waals surface area contributed by atoms with Gasteiger partial charge in [-0.1, -0.05) is 13.8 Å². The molecule has 0 radical (unpaired) electrons. The Balaban J connectivity index is 2.16. The van der Waals surface area contributed by atoms with Crippen molar-refractivity contribution in [3.05, 3.63) is 23.5 Å². The van der Waals surface area contributed by atoms with E-state index in [-0.39, 0.29) is 27.6 Å². The largest absolute Gasteiger partial charge is 0.398 e. The van der Waals surface area contributed by atoms with Crippen LogP contribution in [0.4, 0.5) is 10.1 Å². The van der Waals surface area contributed by atoms with Gasteiger partial charge in [0.25, 0.3) is 0 Å². The van der Waals surface area contributed by atoms with Gasteiger partial charge < -0.3 is 5.73 Å². The zero-order valence-electron chi connectivity index (χ0n) is 12.7. The molecule has 0 amide bonds. The lowest BCUT2D eigenvalue weighted by molar-refractivity contribution is 0.218. The van der Waals surface area contributed by atoms with Gasteiger partial charge in [0.15, 0.2) is 0 Å². The van der Waals surface area contributed by atoms with Gasteiger partial charge in [0.1, 0.15) is 5.82 Å². The average Bonchev–Trinajstić information content (AvgIpc) is 2.38. The Hall–Kier alpha value is -1.14. The van der Waals surface area contributed by atoms with Crippen LogP contribution >= 0.6 is 0 Å². The molecule has 0 aromatic heterocycles. The lowest BCUT2D eigenvalue weighted by Crippen LogP contribution is -2.39. The van der Waals surface area contributed by atoms with E-state index in [0.717, 1.165) is 31.7 Å². The number of sulfonamides is 1. The first-order chi connectivity index (χ1) is 9.61. The SMILES string of the molecule is Cc1c(N)cc(S(=O)(=O)NC2CCC(C)(C)CC2)cc1F. The Morgan fingerprint density at radius 1 is 1.29 bits per heavy atom. The summed E-state index contributed by atoms with van der Waals surface area (Å²) < 4.78 is 41.0. The van der Waals surface area contributed by atoms with Gasteiger partial charge in [-0.15, -0.1) is 0 Å². The first kappa shape index (κ1) is 16.2. The molecule has 1 aromatic rings. The number of nitrogens with two attached hydrogens (primary N) is 1. The summed E-state index contributed by atoms with van der Waals surface area (Å²) in [6.07, 6.45) is 3.56. The highest BCUT2D eigenvalue weighted by atomic mass is 32.2. The van der Waals surface area contributed by atoms with Gasteiger partial charge in [-0.05, 0) is 50.2 Å². The molecule has 0 atom stereocenters. The Kier molecular flexibility index (Phi) is 4.31. The molecule has 1 fully saturated rings. The average molecular weight is 314 g/mol. The van der Waals surface area contributed by atoms with E-state index in [9.17, 15) is 12.8 Å². The van der Waals surface area contributed by atoms with Crippen molar-refractivity contribution in [3.63, 3.8) is 0 Å². The van der Waals surface area contributed by atoms with E-state index in [1.165, 1.54) is 13.0 Å². The maximum absolute atomic E-state index is 13.7. The van der Waals surface area contributed by atoms with E-state index in [1.54, 1.807) is 0 Å². The van der Waals surface area contributed by atoms with E-state index in [4.69, 9.17) is 5.73 Å². The summed E-state index contributed by atoms with van der Waals surface area (Å²) in [6, 6.07) is 2.25. The molecule has 0 bridgehead atoms. The predicted octanol–water partition coefficient (Wildman–Crippen LogP) is 2.96. The van der Waals surface area contributed by atoms with Gasteiger partial charge in [0.2, 0.25) is 10.0 Å². The van der Waals surface area contributed by atoms with Crippen molar-refractivity contribution in [3.8, 4) is 0 Å². The van der Waals surface area contributed by atoms with Crippen LogP contribution in [-0.2, 0) is 10.0 Å². The molecule has 4 nitrogen and oxygen atoms in total. The summed E-state index contributed by atoms with van der Waals surface area (Å²) in [5.41, 5.74) is 6.35. The number of anilines is 1. The number of halogens is 1. The van der Waals surface area contributed by atoms with Crippen molar-refractivity contribution in [2.24, 2.45) is 5.41 Å². The van der Waals surface area contributed by atoms with Crippen LogP contribution in [0.5, 0.6) is 0 Å². The fourth-order valence-corrected chi connectivity index (χ4v) is 3.99. The lowest BCUT2D eigenvalue weighted by atomic mass is 9.76. The second-order valence-corrected chi connectivity index (χ2v) is 8.39. The van der Waals surface area contributed by atoms with Crippen molar-refractivity contribution in [2.45, 2.75) is 57.4 Å². The van der Waals surface area contributed by atoms with Crippen LogP contribution in [0.1, 0.15) is 45.1 Å². The maximum atomic E-state index is 13.7. The van der Waals surface area contributed by atoms with Crippen molar-refractivity contribution >= 4 is 15.7 Å². The van der Waals surface area contributed by atoms with Crippen molar-refractivity contribution in [1.82, 2.24) is 4.72 Å².